The zero-order valence-electron chi connectivity index (χ0n) is 11.2. The molecule has 1 aliphatic carbocycles. The van der Waals surface area contributed by atoms with Crippen LogP contribution in [0.2, 0.25) is 0 Å². The summed E-state index contributed by atoms with van der Waals surface area (Å²) >= 11 is 0. The molecule has 6 nitrogen and oxygen atoms in total. The van der Waals surface area contributed by atoms with Gasteiger partial charge >= 0.3 is 5.97 Å². The summed E-state index contributed by atoms with van der Waals surface area (Å²) in [5.41, 5.74) is -1.70. The molecule has 18 heavy (non-hydrogen) atoms. The van der Waals surface area contributed by atoms with Crippen LogP contribution in [0, 0.1) is 5.41 Å². The Morgan fingerprint density at radius 1 is 1.22 bits per heavy atom. The molecule has 0 aromatic heterocycles. The molecule has 2 amide bonds. The molecule has 102 valence electrons. The lowest BCUT2D eigenvalue weighted by atomic mass is 10.1. The highest BCUT2D eigenvalue weighted by atomic mass is 16.4. The average Bonchev–Trinajstić information content (AvgIpc) is 2.94. The van der Waals surface area contributed by atoms with E-state index in [1.165, 1.54) is 6.92 Å². The van der Waals surface area contributed by atoms with Crippen molar-refractivity contribution in [1.29, 1.82) is 0 Å². The van der Waals surface area contributed by atoms with E-state index < -0.39 is 23.3 Å². The first kappa shape index (κ1) is 14.5. The first-order chi connectivity index (χ1) is 8.08. The summed E-state index contributed by atoms with van der Waals surface area (Å²) < 4.78 is 0. The van der Waals surface area contributed by atoms with Gasteiger partial charge in [0.2, 0.25) is 11.8 Å². The van der Waals surface area contributed by atoms with Crippen LogP contribution in [0.5, 0.6) is 0 Å². The van der Waals surface area contributed by atoms with Crippen LogP contribution < -0.4 is 10.6 Å². The maximum absolute atomic E-state index is 11.8. The fourth-order valence-corrected chi connectivity index (χ4v) is 1.54. The Bertz CT molecular complexity index is 380. The second-order valence-corrected chi connectivity index (χ2v) is 5.82. The first-order valence-corrected chi connectivity index (χ1v) is 5.95. The van der Waals surface area contributed by atoms with Crippen molar-refractivity contribution in [2.75, 3.05) is 0 Å². The topological polar surface area (TPSA) is 95.5 Å². The number of hydrogen-bond acceptors (Lipinski definition) is 3. The van der Waals surface area contributed by atoms with Gasteiger partial charge in [0.15, 0.2) is 0 Å². The first-order valence-electron chi connectivity index (χ1n) is 5.95. The van der Waals surface area contributed by atoms with Gasteiger partial charge in [0.1, 0.15) is 11.5 Å². The van der Waals surface area contributed by atoms with Crippen molar-refractivity contribution >= 4 is 17.8 Å². The van der Waals surface area contributed by atoms with E-state index in [0.29, 0.717) is 12.8 Å². The molecule has 6 heteroatoms. The maximum atomic E-state index is 11.8. The highest BCUT2D eigenvalue weighted by molar-refractivity contribution is 6.06. The summed E-state index contributed by atoms with van der Waals surface area (Å²) in [6.45, 7) is 7.04. The molecule has 1 saturated carbocycles. The molecule has 0 bridgehead atoms. The Morgan fingerprint density at radius 3 is 2.06 bits per heavy atom. The van der Waals surface area contributed by atoms with Crippen LogP contribution in [0.25, 0.3) is 0 Å². The minimum absolute atomic E-state index is 0.322. The van der Waals surface area contributed by atoms with Crippen LogP contribution in [0.15, 0.2) is 0 Å². The maximum Gasteiger partial charge on any atom is 0.319 e. The van der Waals surface area contributed by atoms with E-state index in [-0.39, 0.29) is 11.4 Å². The summed E-state index contributed by atoms with van der Waals surface area (Å²) in [7, 11) is 0. The third kappa shape index (κ3) is 3.21. The SMILES string of the molecule is CC(NC(=O)C1(C(=O)O)CC1)C(=O)NC(C)(C)C. The van der Waals surface area contributed by atoms with Crippen molar-refractivity contribution < 1.29 is 19.5 Å². The van der Waals surface area contributed by atoms with E-state index >= 15 is 0 Å². The molecule has 0 spiro atoms. The summed E-state index contributed by atoms with van der Waals surface area (Å²) in [6.07, 6.45) is 0.670. The van der Waals surface area contributed by atoms with E-state index in [1.54, 1.807) is 0 Å². The molecule has 1 atom stereocenters. The van der Waals surface area contributed by atoms with Crippen LogP contribution >= 0.6 is 0 Å². The molecule has 0 radical (unpaired) electrons. The number of carbonyl (C=O) groups excluding carboxylic acids is 2. The highest BCUT2D eigenvalue weighted by Gasteiger charge is 2.57. The Hall–Kier alpha value is -1.59. The van der Waals surface area contributed by atoms with Crippen LogP contribution in [-0.2, 0) is 14.4 Å². The van der Waals surface area contributed by atoms with Gasteiger partial charge in [-0.3, -0.25) is 14.4 Å². The molecular formula is C12H20N2O4. The van der Waals surface area contributed by atoms with Crippen molar-refractivity contribution in [1.82, 2.24) is 10.6 Å². The lowest BCUT2D eigenvalue weighted by Crippen LogP contribution is -2.52. The molecule has 0 heterocycles. The fourth-order valence-electron chi connectivity index (χ4n) is 1.54. The van der Waals surface area contributed by atoms with E-state index in [0.717, 1.165) is 0 Å². The van der Waals surface area contributed by atoms with Gasteiger partial charge in [-0.05, 0) is 40.5 Å². The number of rotatable bonds is 4. The molecule has 0 aromatic rings. The molecule has 0 aliphatic heterocycles. The summed E-state index contributed by atoms with van der Waals surface area (Å²) in [5, 5.41) is 14.1. The molecule has 0 saturated heterocycles. The Kier molecular flexibility index (Phi) is 3.69. The number of hydrogen-bond donors (Lipinski definition) is 3. The second kappa shape index (κ2) is 4.59. The number of carbonyl (C=O) groups is 3. The third-order valence-electron chi connectivity index (χ3n) is 2.83. The number of aliphatic carboxylic acids is 1. The second-order valence-electron chi connectivity index (χ2n) is 5.82. The summed E-state index contributed by atoms with van der Waals surface area (Å²) in [4.78, 5) is 34.5. The smallest absolute Gasteiger partial charge is 0.319 e. The predicted octanol–water partition coefficient (Wildman–Crippen LogP) is 0.271. The molecule has 0 aromatic carbocycles. The van der Waals surface area contributed by atoms with Gasteiger partial charge in [-0.1, -0.05) is 0 Å². The number of carboxylic acid groups (broad SMARTS) is 1. The number of carboxylic acids is 1. The van der Waals surface area contributed by atoms with Crippen molar-refractivity contribution in [3.8, 4) is 0 Å². The van der Waals surface area contributed by atoms with Gasteiger partial charge < -0.3 is 15.7 Å². The van der Waals surface area contributed by atoms with Crippen LogP contribution in [0.4, 0.5) is 0 Å². The highest BCUT2D eigenvalue weighted by Crippen LogP contribution is 2.46. The lowest BCUT2D eigenvalue weighted by Gasteiger charge is -2.24. The van der Waals surface area contributed by atoms with E-state index in [4.69, 9.17) is 5.11 Å². The van der Waals surface area contributed by atoms with Gasteiger partial charge in [0, 0.05) is 5.54 Å². The van der Waals surface area contributed by atoms with Gasteiger partial charge in [0.05, 0.1) is 0 Å². The summed E-state index contributed by atoms with van der Waals surface area (Å²) in [6, 6.07) is -0.742. The molecule has 3 N–H and O–H groups in total. The average molecular weight is 256 g/mol. The zero-order chi connectivity index (χ0) is 14.1. The fraction of sp³-hybridized carbons (Fsp3) is 0.750. The van der Waals surface area contributed by atoms with E-state index in [2.05, 4.69) is 10.6 Å². The van der Waals surface area contributed by atoms with E-state index in [9.17, 15) is 14.4 Å². The molecular weight excluding hydrogens is 236 g/mol. The van der Waals surface area contributed by atoms with Crippen molar-refractivity contribution in [2.24, 2.45) is 5.41 Å². The van der Waals surface area contributed by atoms with Crippen LogP contribution in [0.1, 0.15) is 40.5 Å². The molecule has 1 aliphatic rings. The summed E-state index contributed by atoms with van der Waals surface area (Å²) in [5.74, 6) is -2.02. The quantitative estimate of drug-likeness (QED) is 0.629. The molecule has 1 unspecified atom stereocenters. The third-order valence-corrected chi connectivity index (χ3v) is 2.83. The van der Waals surface area contributed by atoms with Crippen LogP contribution in [0.3, 0.4) is 0 Å². The van der Waals surface area contributed by atoms with Crippen molar-refractivity contribution in [2.45, 2.75) is 52.1 Å². The number of nitrogens with one attached hydrogen (secondary N) is 2. The van der Waals surface area contributed by atoms with Gasteiger partial charge in [0.25, 0.3) is 0 Å². The minimum Gasteiger partial charge on any atom is -0.480 e. The Labute approximate surface area is 106 Å². The van der Waals surface area contributed by atoms with Crippen molar-refractivity contribution in [3.05, 3.63) is 0 Å². The molecule has 1 rings (SSSR count). The van der Waals surface area contributed by atoms with E-state index in [1.807, 2.05) is 20.8 Å². The normalized spacial score (nSPS) is 18.7. The Morgan fingerprint density at radius 2 is 1.72 bits per heavy atom. The largest absolute Gasteiger partial charge is 0.480 e. The zero-order valence-corrected chi connectivity index (χ0v) is 11.2. The van der Waals surface area contributed by atoms with Gasteiger partial charge in [-0.25, -0.2) is 0 Å². The number of amides is 2. The van der Waals surface area contributed by atoms with Gasteiger partial charge in [-0.15, -0.1) is 0 Å². The van der Waals surface area contributed by atoms with Crippen LogP contribution in [-0.4, -0.2) is 34.5 Å². The monoisotopic (exact) mass is 256 g/mol. The minimum atomic E-state index is -1.31. The lowest BCUT2D eigenvalue weighted by molar-refractivity contribution is -0.150. The molecule has 1 fully saturated rings. The standard InChI is InChI=1S/C12H20N2O4/c1-7(8(15)14-11(2,3)4)13-9(16)12(5-6-12)10(17)18/h7H,5-6H2,1-4H3,(H,13,16)(H,14,15)(H,17,18). The predicted molar refractivity (Wildman–Crippen MR) is 64.8 cm³/mol. The van der Waals surface area contributed by atoms with Crippen molar-refractivity contribution in [3.63, 3.8) is 0 Å². The van der Waals surface area contributed by atoms with Gasteiger partial charge in [-0.2, -0.15) is 0 Å². The Balaban J connectivity index is 2.55.